The number of nitrogens with zero attached hydrogens (tertiary/aromatic N) is 3. The van der Waals surface area contributed by atoms with E-state index in [9.17, 15) is 19.1 Å². The van der Waals surface area contributed by atoms with Crippen molar-refractivity contribution in [2.45, 2.75) is 19.9 Å². The zero-order chi connectivity index (χ0) is 19.7. The number of nitrogens with one attached hydrogen (secondary N) is 1. The molecule has 3 rings (SSSR count). The molecule has 2 heterocycles. The van der Waals surface area contributed by atoms with Crippen molar-refractivity contribution < 1.29 is 23.6 Å². The van der Waals surface area contributed by atoms with Crippen LogP contribution in [0.1, 0.15) is 45.3 Å². The van der Waals surface area contributed by atoms with Crippen molar-refractivity contribution in [3.8, 4) is 11.3 Å². The fourth-order valence-electron chi connectivity index (χ4n) is 2.62. The van der Waals surface area contributed by atoms with Crippen LogP contribution < -0.4 is 5.32 Å². The van der Waals surface area contributed by atoms with Gasteiger partial charge < -0.3 is 14.9 Å². The highest BCUT2D eigenvalue weighted by Gasteiger charge is 2.28. The van der Waals surface area contributed by atoms with Gasteiger partial charge in [0.15, 0.2) is 5.76 Å². The summed E-state index contributed by atoms with van der Waals surface area (Å²) >= 11 is 0. The molecule has 1 amide bonds. The largest absolute Gasteiger partial charge is 0.477 e. The second-order valence-corrected chi connectivity index (χ2v) is 6.07. The van der Waals surface area contributed by atoms with Gasteiger partial charge in [-0.1, -0.05) is 5.16 Å². The van der Waals surface area contributed by atoms with Crippen molar-refractivity contribution in [1.29, 1.82) is 0 Å². The molecule has 3 aromatic rings. The SMILES string of the molecule is Cc1cc(C(=O)N[C@H](C)c2onc(-c3ccc(F)cc3)c2C(=O)O)nn1C. The normalized spacial score (nSPS) is 12.0. The van der Waals surface area contributed by atoms with Crippen molar-refractivity contribution in [3.63, 3.8) is 0 Å². The maximum atomic E-state index is 13.1. The molecule has 1 atom stereocenters. The van der Waals surface area contributed by atoms with E-state index in [0.29, 0.717) is 5.56 Å². The zero-order valence-corrected chi connectivity index (χ0v) is 14.9. The summed E-state index contributed by atoms with van der Waals surface area (Å²) in [7, 11) is 1.71. The lowest BCUT2D eigenvalue weighted by Gasteiger charge is -2.10. The molecule has 2 N–H and O–H groups in total. The van der Waals surface area contributed by atoms with E-state index in [1.165, 1.54) is 24.3 Å². The molecule has 140 valence electrons. The number of carboxylic acids is 1. The number of benzene rings is 1. The molecule has 0 saturated heterocycles. The van der Waals surface area contributed by atoms with Crippen LogP contribution >= 0.6 is 0 Å². The standard InChI is InChI=1S/C18H17FN4O4/c1-9-8-13(21-23(9)3)17(24)20-10(2)16-14(18(25)26)15(22-27-16)11-4-6-12(19)7-5-11/h4-8,10H,1-3H3,(H,20,24)(H,25,26)/t10-/m1/s1. The highest BCUT2D eigenvalue weighted by atomic mass is 19.1. The molecular weight excluding hydrogens is 355 g/mol. The van der Waals surface area contributed by atoms with Gasteiger partial charge in [-0.15, -0.1) is 0 Å². The van der Waals surface area contributed by atoms with Crippen molar-refractivity contribution in [1.82, 2.24) is 20.3 Å². The third-order valence-corrected chi connectivity index (χ3v) is 4.14. The van der Waals surface area contributed by atoms with E-state index < -0.39 is 23.7 Å². The Hall–Kier alpha value is -3.49. The summed E-state index contributed by atoms with van der Waals surface area (Å²) in [5.41, 5.74) is 1.27. The van der Waals surface area contributed by atoms with Crippen LogP contribution in [0.2, 0.25) is 0 Å². The highest BCUT2D eigenvalue weighted by molar-refractivity contribution is 5.96. The summed E-state index contributed by atoms with van der Waals surface area (Å²) in [6.45, 7) is 3.39. The fourth-order valence-corrected chi connectivity index (χ4v) is 2.62. The first-order chi connectivity index (χ1) is 12.8. The average molecular weight is 372 g/mol. The summed E-state index contributed by atoms with van der Waals surface area (Å²) in [5.74, 6) is -2.20. The van der Waals surface area contributed by atoms with Gasteiger partial charge in [0.2, 0.25) is 0 Å². The van der Waals surface area contributed by atoms with Crippen molar-refractivity contribution >= 4 is 11.9 Å². The Balaban J connectivity index is 1.90. The Bertz CT molecular complexity index is 988. The number of carboxylic acid groups (broad SMARTS) is 1. The lowest BCUT2D eigenvalue weighted by molar-refractivity contribution is 0.0692. The third kappa shape index (κ3) is 3.57. The molecule has 0 aliphatic carbocycles. The Labute approximate surface area is 153 Å². The fraction of sp³-hybridized carbons (Fsp3) is 0.222. The van der Waals surface area contributed by atoms with E-state index in [-0.39, 0.29) is 22.7 Å². The molecule has 0 bridgehead atoms. The van der Waals surface area contributed by atoms with Crippen LogP contribution in [-0.2, 0) is 7.05 Å². The minimum Gasteiger partial charge on any atom is -0.477 e. The molecule has 0 spiro atoms. The molecule has 9 heteroatoms. The number of carbonyl (C=O) groups excluding carboxylic acids is 1. The molecule has 0 radical (unpaired) electrons. The highest BCUT2D eigenvalue weighted by Crippen LogP contribution is 2.29. The number of aryl methyl sites for hydroxylation is 2. The Morgan fingerprint density at radius 2 is 1.96 bits per heavy atom. The van der Waals surface area contributed by atoms with Gasteiger partial charge in [-0.25, -0.2) is 9.18 Å². The number of aromatic carboxylic acids is 1. The monoisotopic (exact) mass is 372 g/mol. The van der Waals surface area contributed by atoms with Crippen molar-refractivity contribution in [2.24, 2.45) is 7.05 Å². The molecule has 27 heavy (non-hydrogen) atoms. The van der Waals surface area contributed by atoms with Gasteiger partial charge in [0, 0.05) is 18.3 Å². The van der Waals surface area contributed by atoms with Gasteiger partial charge in [0.1, 0.15) is 22.8 Å². The van der Waals surface area contributed by atoms with E-state index in [1.807, 2.05) is 0 Å². The Morgan fingerprint density at radius 1 is 1.30 bits per heavy atom. The third-order valence-electron chi connectivity index (χ3n) is 4.14. The minimum absolute atomic E-state index is 0.0113. The lowest BCUT2D eigenvalue weighted by atomic mass is 10.0. The van der Waals surface area contributed by atoms with Crippen molar-refractivity contribution in [3.05, 3.63) is 58.9 Å². The molecule has 0 fully saturated rings. The Kier molecular flexibility index (Phi) is 4.76. The van der Waals surface area contributed by atoms with E-state index in [2.05, 4.69) is 15.6 Å². The van der Waals surface area contributed by atoms with Gasteiger partial charge in [-0.3, -0.25) is 9.48 Å². The van der Waals surface area contributed by atoms with Crippen LogP contribution in [0.3, 0.4) is 0 Å². The summed E-state index contributed by atoms with van der Waals surface area (Å²) in [4.78, 5) is 24.1. The van der Waals surface area contributed by atoms with Crippen LogP contribution in [0.5, 0.6) is 0 Å². The molecule has 0 aliphatic rings. The van der Waals surface area contributed by atoms with Crippen LogP contribution in [0.4, 0.5) is 4.39 Å². The van der Waals surface area contributed by atoms with Crippen LogP contribution in [0, 0.1) is 12.7 Å². The van der Waals surface area contributed by atoms with Crippen LogP contribution in [-0.4, -0.2) is 31.9 Å². The smallest absolute Gasteiger partial charge is 0.341 e. The quantitative estimate of drug-likeness (QED) is 0.712. The van der Waals surface area contributed by atoms with Gasteiger partial charge in [0.25, 0.3) is 5.91 Å². The van der Waals surface area contributed by atoms with Gasteiger partial charge >= 0.3 is 5.97 Å². The van der Waals surface area contributed by atoms with Gasteiger partial charge in [-0.05, 0) is 44.2 Å². The molecule has 8 nitrogen and oxygen atoms in total. The first-order valence-electron chi connectivity index (χ1n) is 8.08. The first-order valence-corrected chi connectivity index (χ1v) is 8.08. The van der Waals surface area contributed by atoms with Gasteiger partial charge in [-0.2, -0.15) is 5.10 Å². The number of carbonyl (C=O) groups is 2. The second-order valence-electron chi connectivity index (χ2n) is 6.07. The van der Waals surface area contributed by atoms with E-state index in [0.717, 1.165) is 5.69 Å². The molecule has 0 unspecified atom stereocenters. The Morgan fingerprint density at radius 3 is 2.52 bits per heavy atom. The number of rotatable bonds is 5. The maximum absolute atomic E-state index is 13.1. The number of amides is 1. The number of halogens is 1. The number of hydrogen-bond donors (Lipinski definition) is 2. The molecule has 2 aromatic heterocycles. The molecular formula is C18H17FN4O4. The minimum atomic E-state index is -1.26. The number of aromatic nitrogens is 3. The maximum Gasteiger partial charge on any atom is 0.341 e. The van der Waals surface area contributed by atoms with Crippen LogP contribution in [0.25, 0.3) is 11.3 Å². The van der Waals surface area contributed by atoms with E-state index in [4.69, 9.17) is 4.52 Å². The molecule has 1 aromatic carbocycles. The summed E-state index contributed by atoms with van der Waals surface area (Å²) in [5, 5.41) is 20.1. The summed E-state index contributed by atoms with van der Waals surface area (Å²) < 4.78 is 19.9. The topological polar surface area (TPSA) is 110 Å². The van der Waals surface area contributed by atoms with E-state index >= 15 is 0 Å². The second kappa shape index (κ2) is 7.02. The summed E-state index contributed by atoms with van der Waals surface area (Å²) in [6, 6.07) is 6.05. The first kappa shape index (κ1) is 18.3. The average Bonchev–Trinajstić information content (AvgIpc) is 3.20. The predicted molar refractivity (Wildman–Crippen MR) is 92.7 cm³/mol. The predicted octanol–water partition coefficient (Wildman–Crippen LogP) is 2.71. The zero-order valence-electron chi connectivity index (χ0n) is 14.9. The summed E-state index contributed by atoms with van der Waals surface area (Å²) in [6.07, 6.45) is 0. The van der Waals surface area contributed by atoms with Crippen molar-refractivity contribution in [2.75, 3.05) is 0 Å². The number of hydrogen-bond acceptors (Lipinski definition) is 5. The van der Waals surface area contributed by atoms with Gasteiger partial charge in [0.05, 0.1) is 6.04 Å². The van der Waals surface area contributed by atoms with Crippen LogP contribution in [0.15, 0.2) is 34.9 Å². The van der Waals surface area contributed by atoms with E-state index in [1.54, 1.807) is 31.6 Å². The lowest BCUT2D eigenvalue weighted by Crippen LogP contribution is -2.28. The molecule has 0 aliphatic heterocycles. The molecule has 0 saturated carbocycles.